The van der Waals surface area contributed by atoms with Gasteiger partial charge in [0.2, 0.25) is 0 Å². The number of benzene rings is 2. The summed E-state index contributed by atoms with van der Waals surface area (Å²) >= 11 is 0. The van der Waals surface area contributed by atoms with Gasteiger partial charge in [-0.15, -0.1) is 0 Å². The lowest BCUT2D eigenvalue weighted by molar-refractivity contribution is -0.138. The van der Waals surface area contributed by atoms with Crippen LogP contribution in [0.15, 0.2) is 59.5 Å². The molecule has 1 aliphatic heterocycles. The molecule has 38 heavy (non-hydrogen) atoms. The fourth-order valence-electron chi connectivity index (χ4n) is 4.12. The molecule has 1 unspecified atom stereocenters. The number of sulfonamides is 1. The number of nitrogens with zero attached hydrogens (tertiary/aromatic N) is 3. The number of aliphatic carboxylic acids is 1. The van der Waals surface area contributed by atoms with Crippen molar-refractivity contribution in [2.45, 2.75) is 36.9 Å². The van der Waals surface area contributed by atoms with E-state index in [1.54, 1.807) is 18.2 Å². The highest BCUT2D eigenvalue weighted by molar-refractivity contribution is 7.92. The van der Waals surface area contributed by atoms with Crippen molar-refractivity contribution in [3.8, 4) is 17.0 Å². The first kappa shape index (κ1) is 27.2. The molecule has 0 bridgehead atoms. The summed E-state index contributed by atoms with van der Waals surface area (Å²) in [6.07, 6.45) is -5.80. The van der Waals surface area contributed by atoms with Crippen molar-refractivity contribution >= 4 is 27.5 Å². The Morgan fingerprint density at radius 1 is 1.16 bits per heavy atom. The van der Waals surface area contributed by atoms with Crippen LogP contribution in [0.1, 0.15) is 24.0 Å². The first-order valence-electron chi connectivity index (χ1n) is 11.6. The van der Waals surface area contributed by atoms with Crippen LogP contribution in [0, 0.1) is 6.92 Å². The van der Waals surface area contributed by atoms with Crippen molar-refractivity contribution in [1.29, 1.82) is 0 Å². The summed E-state index contributed by atoms with van der Waals surface area (Å²) in [6.45, 7) is 1.63. The second kappa shape index (κ2) is 10.2. The van der Waals surface area contributed by atoms with Crippen molar-refractivity contribution in [3.63, 3.8) is 0 Å². The maximum atomic E-state index is 13.7. The Morgan fingerprint density at radius 2 is 1.89 bits per heavy atom. The van der Waals surface area contributed by atoms with Gasteiger partial charge in [-0.05, 0) is 67.4 Å². The Labute approximate surface area is 218 Å². The summed E-state index contributed by atoms with van der Waals surface area (Å²) in [5, 5.41) is 9.09. The number of aromatic nitrogens is 1. The van der Waals surface area contributed by atoms with Crippen molar-refractivity contribution in [2.24, 2.45) is 0 Å². The Bertz CT molecular complexity index is 1480. The Kier molecular flexibility index (Phi) is 7.29. The molecule has 1 N–H and O–H groups in total. The predicted octanol–water partition coefficient (Wildman–Crippen LogP) is 4.96. The SMILES string of the molecule is Cc1cc(-c2ccc3c(c2)N(S(=O)(=O)c2cccc(C(F)(F)F)c2)CC(CCC(=O)O)O3)nc(N(C)C)c1. The molecule has 1 atom stereocenters. The standard InChI is InChI=1S/C26H26F3N3O5S/c1-16-11-21(30-24(12-16)31(2)3)17-7-9-23-22(13-17)32(15-19(37-23)8-10-25(33)34)38(35,36)20-6-4-5-18(14-20)26(27,28)29/h4-7,9,11-14,19H,8,10,15H2,1-3H3,(H,33,34). The molecule has 0 fully saturated rings. The Hall–Kier alpha value is -3.80. The highest BCUT2D eigenvalue weighted by atomic mass is 32.2. The zero-order valence-corrected chi connectivity index (χ0v) is 21.7. The van der Waals surface area contributed by atoms with Gasteiger partial charge in [0.25, 0.3) is 10.0 Å². The molecule has 0 saturated carbocycles. The number of hydrogen-bond acceptors (Lipinski definition) is 6. The molecule has 202 valence electrons. The van der Waals surface area contributed by atoms with Crippen molar-refractivity contribution in [3.05, 3.63) is 65.7 Å². The average molecular weight is 550 g/mol. The van der Waals surface area contributed by atoms with Crippen LogP contribution in [-0.4, -0.2) is 51.2 Å². The van der Waals surface area contributed by atoms with Crippen molar-refractivity contribution in [1.82, 2.24) is 4.98 Å². The van der Waals surface area contributed by atoms with Crippen LogP contribution in [0.4, 0.5) is 24.7 Å². The number of fused-ring (bicyclic) bond motifs is 1. The topological polar surface area (TPSA) is 100 Å². The van der Waals surface area contributed by atoms with Crippen LogP contribution in [-0.2, 0) is 21.0 Å². The van der Waals surface area contributed by atoms with Gasteiger partial charge in [0, 0.05) is 26.1 Å². The number of carboxylic acids is 1. The first-order valence-corrected chi connectivity index (χ1v) is 13.1. The number of carboxylic acid groups (broad SMARTS) is 1. The van der Waals surface area contributed by atoms with Gasteiger partial charge >= 0.3 is 12.1 Å². The van der Waals surface area contributed by atoms with E-state index in [0.29, 0.717) is 23.1 Å². The maximum Gasteiger partial charge on any atom is 0.416 e. The number of aryl methyl sites for hydroxylation is 1. The van der Waals surface area contributed by atoms with Gasteiger partial charge in [-0.3, -0.25) is 9.10 Å². The molecule has 0 radical (unpaired) electrons. The molecule has 2 heterocycles. The first-order chi connectivity index (χ1) is 17.8. The number of anilines is 2. The maximum absolute atomic E-state index is 13.7. The van der Waals surface area contributed by atoms with E-state index >= 15 is 0 Å². The lowest BCUT2D eigenvalue weighted by atomic mass is 10.1. The van der Waals surface area contributed by atoms with E-state index in [0.717, 1.165) is 28.1 Å². The lowest BCUT2D eigenvalue weighted by Gasteiger charge is -2.35. The normalized spacial score (nSPS) is 15.5. The lowest BCUT2D eigenvalue weighted by Crippen LogP contribution is -2.43. The van der Waals surface area contributed by atoms with Crippen LogP contribution in [0.3, 0.4) is 0 Å². The molecule has 0 aliphatic carbocycles. The molecule has 0 spiro atoms. The van der Waals surface area contributed by atoms with Gasteiger partial charge in [0.05, 0.1) is 28.4 Å². The summed E-state index contributed by atoms with van der Waals surface area (Å²) in [5.41, 5.74) is 1.10. The van der Waals surface area contributed by atoms with E-state index in [2.05, 4.69) is 4.98 Å². The van der Waals surface area contributed by atoms with Crippen molar-refractivity contribution in [2.75, 3.05) is 29.8 Å². The molecular formula is C26H26F3N3O5S. The zero-order valence-electron chi connectivity index (χ0n) is 20.9. The third-order valence-corrected chi connectivity index (χ3v) is 7.81. The monoisotopic (exact) mass is 549 g/mol. The number of rotatable bonds is 7. The minimum absolute atomic E-state index is 0.0107. The van der Waals surface area contributed by atoms with Crippen LogP contribution in [0.5, 0.6) is 5.75 Å². The molecule has 3 aromatic rings. The third kappa shape index (κ3) is 5.69. The highest BCUT2D eigenvalue weighted by Gasteiger charge is 2.37. The summed E-state index contributed by atoms with van der Waals surface area (Å²) < 4.78 is 74.4. The summed E-state index contributed by atoms with van der Waals surface area (Å²) in [5.74, 6) is -0.216. The van der Waals surface area contributed by atoms with Crippen LogP contribution in [0.2, 0.25) is 0 Å². The number of halogens is 3. The predicted molar refractivity (Wildman–Crippen MR) is 136 cm³/mol. The van der Waals surface area contributed by atoms with E-state index in [1.807, 2.05) is 38.1 Å². The second-order valence-corrected chi connectivity index (χ2v) is 11.1. The third-order valence-electron chi connectivity index (χ3n) is 6.03. The van der Waals surface area contributed by atoms with Gasteiger partial charge < -0.3 is 14.7 Å². The number of ether oxygens (including phenoxy) is 1. The minimum Gasteiger partial charge on any atom is -0.486 e. The van der Waals surface area contributed by atoms with Gasteiger partial charge in [-0.25, -0.2) is 13.4 Å². The molecule has 1 aliphatic rings. The molecule has 4 rings (SSSR count). The largest absolute Gasteiger partial charge is 0.486 e. The van der Waals surface area contributed by atoms with Gasteiger partial charge in [-0.2, -0.15) is 13.2 Å². The van der Waals surface area contributed by atoms with Crippen molar-refractivity contribution < 1.29 is 36.2 Å². The van der Waals surface area contributed by atoms with E-state index in [-0.39, 0.29) is 30.8 Å². The summed E-state index contributed by atoms with van der Waals surface area (Å²) in [6, 6.07) is 12.1. The van der Waals surface area contributed by atoms with Crippen LogP contribution >= 0.6 is 0 Å². The van der Waals surface area contributed by atoms with E-state index in [4.69, 9.17) is 9.84 Å². The number of carbonyl (C=O) groups is 1. The van der Waals surface area contributed by atoms with Gasteiger partial charge in [-0.1, -0.05) is 6.07 Å². The van der Waals surface area contributed by atoms with Gasteiger partial charge in [0.1, 0.15) is 17.7 Å². The molecule has 1 aromatic heterocycles. The quantitative estimate of drug-likeness (QED) is 0.445. The fourth-order valence-corrected chi connectivity index (χ4v) is 5.66. The molecule has 0 saturated heterocycles. The number of alkyl halides is 3. The van der Waals surface area contributed by atoms with Crippen LogP contribution in [0.25, 0.3) is 11.3 Å². The van der Waals surface area contributed by atoms with E-state index in [1.165, 1.54) is 0 Å². The minimum atomic E-state index is -4.73. The highest BCUT2D eigenvalue weighted by Crippen LogP contribution is 2.41. The van der Waals surface area contributed by atoms with E-state index < -0.39 is 38.7 Å². The smallest absolute Gasteiger partial charge is 0.416 e. The summed E-state index contributed by atoms with van der Waals surface area (Å²) in [7, 11) is -0.801. The fraction of sp³-hybridized carbons (Fsp3) is 0.308. The van der Waals surface area contributed by atoms with E-state index in [9.17, 15) is 26.4 Å². The second-order valence-electron chi connectivity index (χ2n) is 9.20. The Morgan fingerprint density at radius 3 is 2.55 bits per heavy atom. The molecule has 2 aromatic carbocycles. The molecule has 0 amide bonds. The number of pyridine rings is 1. The molecule has 8 nitrogen and oxygen atoms in total. The van der Waals surface area contributed by atoms with Gasteiger partial charge in [0.15, 0.2) is 0 Å². The summed E-state index contributed by atoms with van der Waals surface area (Å²) in [4.78, 5) is 17.0. The number of hydrogen-bond donors (Lipinski definition) is 1. The van der Waals surface area contributed by atoms with Crippen LogP contribution < -0.4 is 13.9 Å². The zero-order chi connectivity index (χ0) is 27.8. The Balaban J connectivity index is 1.83. The average Bonchev–Trinajstić information content (AvgIpc) is 2.85. The molecular weight excluding hydrogens is 523 g/mol. The molecule has 12 heteroatoms.